The van der Waals surface area contributed by atoms with Gasteiger partial charge in [0.25, 0.3) is 0 Å². The molecule has 0 radical (unpaired) electrons. The monoisotopic (exact) mass is 458 g/mol. The van der Waals surface area contributed by atoms with Crippen molar-refractivity contribution in [3.8, 4) is 0 Å². The maximum absolute atomic E-state index is 13.3. The molecule has 1 aliphatic heterocycles. The average Bonchev–Trinajstić information content (AvgIpc) is 3.02. The lowest BCUT2D eigenvalue weighted by atomic mass is 9.96. The Morgan fingerprint density at radius 1 is 1.19 bits per heavy atom. The van der Waals surface area contributed by atoms with E-state index in [4.69, 9.17) is 9.47 Å². The molecule has 8 nitrogen and oxygen atoms in total. The Morgan fingerprint density at radius 2 is 1.77 bits per heavy atom. The molecule has 1 heterocycles. The van der Waals surface area contributed by atoms with Gasteiger partial charge >= 0.3 is 12.1 Å². The van der Waals surface area contributed by atoms with Crippen LogP contribution in [0.15, 0.2) is 0 Å². The van der Waals surface area contributed by atoms with E-state index >= 15 is 0 Å². The van der Waals surface area contributed by atoms with Gasteiger partial charge in [0, 0.05) is 21.7 Å². The molecule has 0 aromatic rings. The standard InChI is InChI=1S/C22H42N2O6Si/c1-15(2)18(20(27)29-12-13-31(7,8)9)23(6)19(26)16-10-11-24(17(16)14-25)21(28)30-22(3,4)5/h15-18,25H,10-14H2,1-9H3/t16-,17+,18-/m0/s1. The first-order valence-electron chi connectivity index (χ1n) is 11.1. The quantitative estimate of drug-likeness (QED) is 0.444. The van der Waals surface area contributed by atoms with Crippen LogP contribution in [0.25, 0.3) is 0 Å². The number of likely N-dealkylation sites (tertiary alicyclic amines) is 1. The van der Waals surface area contributed by atoms with Gasteiger partial charge < -0.3 is 24.4 Å². The first-order chi connectivity index (χ1) is 14.1. The SMILES string of the molecule is CC(C)[C@@H](C(=O)OCC[Si](C)(C)C)N(C)C(=O)[C@H]1CCN(C(=O)OC(C)(C)C)[C@@H]1CO. The van der Waals surface area contributed by atoms with Crippen molar-refractivity contribution in [2.45, 2.75) is 84.4 Å². The van der Waals surface area contributed by atoms with Crippen molar-refractivity contribution in [2.75, 3.05) is 26.8 Å². The minimum absolute atomic E-state index is 0.135. The molecule has 180 valence electrons. The Kier molecular flexibility index (Phi) is 9.56. The Hall–Kier alpha value is -1.61. The summed E-state index contributed by atoms with van der Waals surface area (Å²) in [7, 11) is 0.254. The smallest absolute Gasteiger partial charge is 0.410 e. The molecule has 1 N–H and O–H groups in total. The Balaban J connectivity index is 2.90. The zero-order chi connectivity index (χ0) is 24.1. The molecule has 0 spiro atoms. The van der Waals surface area contributed by atoms with E-state index in [1.165, 1.54) is 9.80 Å². The average molecular weight is 459 g/mol. The highest BCUT2D eigenvalue weighted by molar-refractivity contribution is 6.76. The number of hydrogen-bond donors (Lipinski definition) is 1. The number of ether oxygens (including phenoxy) is 2. The van der Waals surface area contributed by atoms with E-state index in [9.17, 15) is 19.5 Å². The van der Waals surface area contributed by atoms with Crippen LogP contribution in [0.4, 0.5) is 4.79 Å². The summed E-state index contributed by atoms with van der Waals surface area (Å²) in [6.45, 7) is 16.0. The molecule has 1 rings (SSSR count). The molecule has 1 fully saturated rings. The van der Waals surface area contributed by atoms with Gasteiger partial charge in [-0.1, -0.05) is 33.5 Å². The van der Waals surface area contributed by atoms with Gasteiger partial charge in [-0.15, -0.1) is 0 Å². The summed E-state index contributed by atoms with van der Waals surface area (Å²) < 4.78 is 10.9. The van der Waals surface area contributed by atoms with Gasteiger partial charge in [-0.25, -0.2) is 9.59 Å². The van der Waals surface area contributed by atoms with E-state index in [1.807, 2.05) is 13.8 Å². The molecular formula is C22H42N2O6Si. The molecule has 0 aromatic carbocycles. The molecule has 31 heavy (non-hydrogen) atoms. The van der Waals surface area contributed by atoms with Crippen LogP contribution in [0.5, 0.6) is 0 Å². The van der Waals surface area contributed by atoms with Crippen LogP contribution in [-0.4, -0.2) is 85.4 Å². The van der Waals surface area contributed by atoms with E-state index in [1.54, 1.807) is 27.8 Å². The number of aliphatic hydroxyl groups is 1. The highest BCUT2D eigenvalue weighted by atomic mass is 28.3. The van der Waals surface area contributed by atoms with E-state index in [0.717, 1.165) is 6.04 Å². The molecule has 2 amide bonds. The lowest BCUT2D eigenvalue weighted by Crippen LogP contribution is -2.52. The van der Waals surface area contributed by atoms with Crippen LogP contribution in [0, 0.1) is 11.8 Å². The molecule has 9 heteroatoms. The van der Waals surface area contributed by atoms with Crippen LogP contribution in [0.2, 0.25) is 25.7 Å². The maximum Gasteiger partial charge on any atom is 0.410 e. The molecule has 0 unspecified atom stereocenters. The molecule has 3 atom stereocenters. The number of aliphatic hydroxyl groups excluding tert-OH is 1. The van der Waals surface area contributed by atoms with Crippen molar-refractivity contribution >= 4 is 26.0 Å². The van der Waals surface area contributed by atoms with E-state index in [2.05, 4.69) is 19.6 Å². The molecule has 0 saturated carbocycles. The van der Waals surface area contributed by atoms with Crippen LogP contribution in [-0.2, 0) is 19.1 Å². The largest absolute Gasteiger partial charge is 0.464 e. The number of hydrogen-bond acceptors (Lipinski definition) is 6. The van der Waals surface area contributed by atoms with Crippen LogP contribution in [0.1, 0.15) is 41.0 Å². The van der Waals surface area contributed by atoms with E-state index in [-0.39, 0.29) is 18.4 Å². The summed E-state index contributed by atoms with van der Waals surface area (Å²) in [5.74, 6) is -1.42. The molecular weight excluding hydrogens is 416 g/mol. The predicted octanol–water partition coefficient (Wildman–Crippen LogP) is 2.97. The molecule has 0 bridgehead atoms. The van der Waals surface area contributed by atoms with E-state index < -0.39 is 43.7 Å². The fraction of sp³-hybridized carbons (Fsp3) is 0.864. The van der Waals surface area contributed by atoms with Crippen LogP contribution < -0.4 is 0 Å². The molecule has 1 saturated heterocycles. The maximum atomic E-state index is 13.3. The van der Waals surface area contributed by atoms with Crippen molar-refractivity contribution in [1.29, 1.82) is 0 Å². The van der Waals surface area contributed by atoms with Gasteiger partial charge in [-0.2, -0.15) is 0 Å². The predicted molar refractivity (Wildman–Crippen MR) is 122 cm³/mol. The second-order valence-corrected chi connectivity index (χ2v) is 16.6. The van der Waals surface area contributed by atoms with Crippen molar-refractivity contribution in [1.82, 2.24) is 9.80 Å². The Labute approximate surface area is 188 Å². The van der Waals surface area contributed by atoms with Crippen LogP contribution in [0.3, 0.4) is 0 Å². The highest BCUT2D eigenvalue weighted by Crippen LogP contribution is 2.29. The fourth-order valence-corrected chi connectivity index (χ4v) is 4.45. The third-order valence-electron chi connectivity index (χ3n) is 5.41. The first kappa shape index (κ1) is 27.4. The number of carbonyl (C=O) groups excluding carboxylic acids is 3. The summed E-state index contributed by atoms with van der Waals surface area (Å²) in [4.78, 5) is 41.4. The topological polar surface area (TPSA) is 96.4 Å². The van der Waals surface area contributed by atoms with Gasteiger partial charge in [0.15, 0.2) is 0 Å². The summed E-state index contributed by atoms with van der Waals surface area (Å²) >= 11 is 0. The summed E-state index contributed by atoms with van der Waals surface area (Å²) in [6, 6.07) is -0.536. The number of likely N-dealkylation sites (N-methyl/N-ethyl adjacent to an activating group) is 1. The summed E-state index contributed by atoms with van der Waals surface area (Å²) in [6.07, 6.45) is -0.140. The Bertz CT molecular complexity index is 641. The number of esters is 1. The van der Waals surface area contributed by atoms with Crippen molar-refractivity contribution in [2.24, 2.45) is 11.8 Å². The van der Waals surface area contributed by atoms with Crippen molar-refractivity contribution in [3.05, 3.63) is 0 Å². The van der Waals surface area contributed by atoms with Crippen molar-refractivity contribution in [3.63, 3.8) is 0 Å². The normalized spacial score (nSPS) is 20.5. The lowest BCUT2D eigenvalue weighted by molar-refractivity contribution is -0.157. The highest BCUT2D eigenvalue weighted by Gasteiger charge is 2.45. The molecule has 0 aromatic heterocycles. The lowest BCUT2D eigenvalue weighted by Gasteiger charge is -2.34. The number of nitrogens with zero attached hydrogens (tertiary/aromatic N) is 2. The molecule has 0 aliphatic carbocycles. The van der Waals surface area contributed by atoms with Gasteiger partial charge in [-0.05, 0) is 39.2 Å². The van der Waals surface area contributed by atoms with Gasteiger partial charge in [0.05, 0.1) is 25.2 Å². The zero-order valence-corrected chi connectivity index (χ0v) is 21.7. The van der Waals surface area contributed by atoms with Crippen molar-refractivity contribution < 1.29 is 29.0 Å². The summed E-state index contributed by atoms with van der Waals surface area (Å²) in [5, 5.41) is 9.93. The zero-order valence-electron chi connectivity index (χ0n) is 20.7. The first-order valence-corrected chi connectivity index (χ1v) is 14.8. The fourth-order valence-electron chi connectivity index (χ4n) is 3.73. The minimum atomic E-state index is -1.34. The van der Waals surface area contributed by atoms with Gasteiger partial charge in [0.1, 0.15) is 11.6 Å². The van der Waals surface area contributed by atoms with Crippen LogP contribution >= 0.6 is 0 Å². The molecule has 1 aliphatic rings. The number of rotatable bonds is 8. The number of amides is 2. The third kappa shape index (κ3) is 8.10. The second kappa shape index (κ2) is 10.8. The number of carbonyl (C=O) groups is 3. The third-order valence-corrected chi connectivity index (χ3v) is 7.12. The Morgan fingerprint density at radius 3 is 2.23 bits per heavy atom. The van der Waals surface area contributed by atoms with Gasteiger partial charge in [-0.3, -0.25) is 4.79 Å². The van der Waals surface area contributed by atoms with Gasteiger partial charge in [0.2, 0.25) is 5.91 Å². The second-order valence-electron chi connectivity index (χ2n) is 10.9. The summed E-state index contributed by atoms with van der Waals surface area (Å²) in [5.41, 5.74) is -0.668. The minimum Gasteiger partial charge on any atom is -0.464 e. The van der Waals surface area contributed by atoms with E-state index in [0.29, 0.717) is 19.6 Å².